The first kappa shape index (κ1) is 22.9. The van der Waals surface area contributed by atoms with E-state index in [-0.39, 0.29) is 26.9 Å². The molecule has 4 rings (SSSR count). The van der Waals surface area contributed by atoms with Crippen LogP contribution in [-0.2, 0) is 9.84 Å². The van der Waals surface area contributed by atoms with Crippen LogP contribution in [0.15, 0.2) is 95.0 Å². The van der Waals surface area contributed by atoms with Crippen LogP contribution < -0.4 is 15.8 Å². The number of amides is 1. The predicted octanol–water partition coefficient (Wildman–Crippen LogP) is 4.56. The van der Waals surface area contributed by atoms with Crippen LogP contribution >= 0.6 is 0 Å². The second kappa shape index (κ2) is 9.32. The topological polar surface area (TPSA) is 111 Å². The summed E-state index contributed by atoms with van der Waals surface area (Å²) in [5.41, 5.74) is 8.49. The number of benzene rings is 3. The number of carbonyl (C=O) groups is 1. The van der Waals surface area contributed by atoms with Gasteiger partial charge in [0.05, 0.1) is 23.4 Å². The van der Waals surface area contributed by atoms with Crippen LogP contribution in [-0.4, -0.2) is 26.4 Å². The van der Waals surface area contributed by atoms with E-state index in [1.807, 2.05) is 0 Å². The van der Waals surface area contributed by atoms with Gasteiger partial charge in [0, 0.05) is 18.0 Å². The van der Waals surface area contributed by atoms with Crippen LogP contribution in [0.5, 0.6) is 5.75 Å². The number of nitrogens with zero attached hydrogens (tertiary/aromatic N) is 1. The van der Waals surface area contributed by atoms with Crippen molar-refractivity contribution in [3.8, 4) is 16.9 Å². The smallest absolute Gasteiger partial charge is 0.255 e. The summed E-state index contributed by atoms with van der Waals surface area (Å²) in [7, 11) is -2.52. The fourth-order valence-corrected chi connectivity index (χ4v) is 4.70. The number of halogens is 1. The number of rotatable bonds is 6. The van der Waals surface area contributed by atoms with Gasteiger partial charge in [-0.1, -0.05) is 18.2 Å². The second-order valence-corrected chi connectivity index (χ2v) is 9.24. The Morgan fingerprint density at radius 2 is 1.65 bits per heavy atom. The highest BCUT2D eigenvalue weighted by molar-refractivity contribution is 7.91. The van der Waals surface area contributed by atoms with Gasteiger partial charge in [0.1, 0.15) is 16.5 Å². The Kier molecular flexibility index (Phi) is 6.29. The molecule has 0 radical (unpaired) electrons. The van der Waals surface area contributed by atoms with Crippen LogP contribution in [0.3, 0.4) is 0 Å². The van der Waals surface area contributed by atoms with E-state index in [1.54, 1.807) is 30.3 Å². The summed E-state index contributed by atoms with van der Waals surface area (Å²) in [6.45, 7) is 0. The Bertz CT molecular complexity index is 1450. The van der Waals surface area contributed by atoms with Crippen molar-refractivity contribution in [1.29, 1.82) is 0 Å². The number of aromatic nitrogens is 1. The molecule has 3 N–H and O–H groups in total. The quantitative estimate of drug-likeness (QED) is 0.394. The van der Waals surface area contributed by atoms with Crippen molar-refractivity contribution in [3.63, 3.8) is 0 Å². The third kappa shape index (κ3) is 4.60. The summed E-state index contributed by atoms with van der Waals surface area (Å²) < 4.78 is 44.3. The van der Waals surface area contributed by atoms with E-state index in [1.165, 1.54) is 62.0 Å². The van der Waals surface area contributed by atoms with Crippen LogP contribution in [0, 0.1) is 5.82 Å². The number of anilines is 2. The Morgan fingerprint density at radius 3 is 2.32 bits per heavy atom. The lowest BCUT2D eigenvalue weighted by molar-refractivity contribution is 0.102. The standard InChI is InChI=1S/C25H20FN3O4S/c1-33-23-12-13-28-15-24(23)34(31,32)20-9-4-17(5-10-20)25(30)29-22-14-18(6-11-21(22)27)16-2-7-19(26)8-3-16/h2-15H,27H2,1H3,(H,29,30). The van der Waals surface area contributed by atoms with Crippen LogP contribution in [0.4, 0.5) is 15.8 Å². The Labute approximate surface area is 196 Å². The van der Waals surface area contributed by atoms with Crippen molar-refractivity contribution in [1.82, 2.24) is 4.98 Å². The SMILES string of the molecule is COc1ccncc1S(=O)(=O)c1ccc(C(=O)Nc2cc(-c3ccc(F)cc3)ccc2N)cc1. The van der Waals surface area contributed by atoms with Gasteiger partial charge in [-0.05, 0) is 65.7 Å². The fraction of sp³-hybridized carbons (Fsp3) is 0.0400. The highest BCUT2D eigenvalue weighted by Gasteiger charge is 2.23. The molecule has 0 bridgehead atoms. The minimum atomic E-state index is -3.90. The van der Waals surface area contributed by atoms with Gasteiger partial charge in [-0.15, -0.1) is 0 Å². The minimum absolute atomic E-state index is 0.00632. The van der Waals surface area contributed by atoms with Gasteiger partial charge in [-0.3, -0.25) is 9.78 Å². The first-order valence-corrected chi connectivity index (χ1v) is 11.6. The Balaban J connectivity index is 1.57. The second-order valence-electron chi connectivity index (χ2n) is 7.32. The summed E-state index contributed by atoms with van der Waals surface area (Å²) in [6, 6.07) is 18.0. The molecule has 0 aliphatic heterocycles. The van der Waals surface area contributed by atoms with Crippen LogP contribution in [0.2, 0.25) is 0 Å². The molecule has 1 amide bonds. The first-order chi connectivity index (χ1) is 16.3. The molecule has 4 aromatic rings. The molecule has 0 unspecified atom stereocenters. The largest absolute Gasteiger partial charge is 0.495 e. The lowest BCUT2D eigenvalue weighted by Crippen LogP contribution is -2.13. The summed E-state index contributed by atoms with van der Waals surface area (Å²) in [5, 5.41) is 2.74. The Morgan fingerprint density at radius 1 is 0.971 bits per heavy atom. The normalized spacial score (nSPS) is 11.1. The van der Waals surface area contributed by atoms with E-state index in [2.05, 4.69) is 10.3 Å². The van der Waals surface area contributed by atoms with Gasteiger partial charge in [0.25, 0.3) is 5.91 Å². The number of pyridine rings is 1. The molecule has 9 heteroatoms. The molecule has 34 heavy (non-hydrogen) atoms. The summed E-state index contributed by atoms with van der Waals surface area (Å²) in [6.07, 6.45) is 2.65. The number of hydrogen-bond acceptors (Lipinski definition) is 6. The number of sulfone groups is 1. The number of ether oxygens (including phenoxy) is 1. The van der Waals surface area contributed by atoms with E-state index in [9.17, 15) is 17.6 Å². The molecule has 1 aromatic heterocycles. The molecule has 0 spiro atoms. The third-order valence-electron chi connectivity index (χ3n) is 5.16. The van der Waals surface area contributed by atoms with Gasteiger partial charge in [0.2, 0.25) is 9.84 Å². The van der Waals surface area contributed by atoms with E-state index >= 15 is 0 Å². The zero-order valence-corrected chi connectivity index (χ0v) is 18.8. The molecule has 0 aliphatic carbocycles. The third-order valence-corrected chi connectivity index (χ3v) is 6.94. The van der Waals surface area contributed by atoms with Gasteiger partial charge < -0.3 is 15.8 Å². The maximum Gasteiger partial charge on any atom is 0.255 e. The molecular weight excluding hydrogens is 457 g/mol. The minimum Gasteiger partial charge on any atom is -0.495 e. The van der Waals surface area contributed by atoms with E-state index < -0.39 is 15.7 Å². The number of hydrogen-bond donors (Lipinski definition) is 2. The van der Waals surface area contributed by atoms with Crippen molar-refractivity contribution < 1.29 is 22.3 Å². The average Bonchev–Trinajstić information content (AvgIpc) is 2.86. The molecular formula is C25H20FN3O4S. The molecule has 0 saturated carbocycles. The number of nitrogens with two attached hydrogens (primary N) is 1. The highest BCUT2D eigenvalue weighted by Crippen LogP contribution is 2.30. The maximum absolute atomic E-state index is 13.2. The lowest BCUT2D eigenvalue weighted by Gasteiger charge is -2.12. The molecule has 1 heterocycles. The van der Waals surface area contributed by atoms with Gasteiger partial charge >= 0.3 is 0 Å². The zero-order valence-electron chi connectivity index (χ0n) is 18.0. The predicted molar refractivity (Wildman–Crippen MR) is 127 cm³/mol. The number of methoxy groups -OCH3 is 1. The van der Waals surface area contributed by atoms with Crippen LogP contribution in [0.25, 0.3) is 11.1 Å². The van der Waals surface area contributed by atoms with Gasteiger partial charge in [0.15, 0.2) is 0 Å². The van der Waals surface area contributed by atoms with E-state index in [0.29, 0.717) is 11.4 Å². The van der Waals surface area contributed by atoms with Crippen molar-refractivity contribution in [2.75, 3.05) is 18.2 Å². The van der Waals surface area contributed by atoms with Crippen molar-refractivity contribution in [2.24, 2.45) is 0 Å². The summed E-state index contributed by atoms with van der Waals surface area (Å²) in [5.74, 6) is -0.639. The first-order valence-electron chi connectivity index (χ1n) is 10.1. The molecule has 0 saturated heterocycles. The summed E-state index contributed by atoms with van der Waals surface area (Å²) in [4.78, 5) is 16.6. The molecule has 0 fully saturated rings. The monoisotopic (exact) mass is 477 g/mol. The molecule has 3 aromatic carbocycles. The zero-order chi connectivity index (χ0) is 24.3. The van der Waals surface area contributed by atoms with E-state index in [0.717, 1.165) is 11.1 Å². The molecule has 0 atom stereocenters. The lowest BCUT2D eigenvalue weighted by atomic mass is 10.0. The van der Waals surface area contributed by atoms with Crippen LogP contribution in [0.1, 0.15) is 10.4 Å². The summed E-state index contributed by atoms with van der Waals surface area (Å²) >= 11 is 0. The maximum atomic E-state index is 13.2. The fourth-order valence-electron chi connectivity index (χ4n) is 3.33. The number of carbonyl (C=O) groups excluding carboxylic acids is 1. The number of nitrogen functional groups attached to an aromatic ring is 1. The van der Waals surface area contributed by atoms with Gasteiger partial charge in [-0.25, -0.2) is 12.8 Å². The molecule has 172 valence electrons. The van der Waals surface area contributed by atoms with Crippen molar-refractivity contribution >= 4 is 27.1 Å². The van der Waals surface area contributed by atoms with Crippen molar-refractivity contribution in [2.45, 2.75) is 9.79 Å². The number of nitrogens with one attached hydrogen (secondary N) is 1. The molecule has 0 aliphatic rings. The van der Waals surface area contributed by atoms with E-state index in [4.69, 9.17) is 10.5 Å². The van der Waals surface area contributed by atoms with Crippen molar-refractivity contribution in [3.05, 3.63) is 96.6 Å². The molecule has 7 nitrogen and oxygen atoms in total. The Hall–Kier alpha value is -4.24. The van der Waals surface area contributed by atoms with Gasteiger partial charge in [-0.2, -0.15) is 0 Å². The average molecular weight is 478 g/mol. The highest BCUT2D eigenvalue weighted by atomic mass is 32.2.